The van der Waals surface area contributed by atoms with Crippen molar-refractivity contribution in [1.82, 2.24) is 5.43 Å². The summed E-state index contributed by atoms with van der Waals surface area (Å²) >= 11 is 3.36. The van der Waals surface area contributed by atoms with Crippen LogP contribution >= 0.6 is 15.9 Å². The summed E-state index contributed by atoms with van der Waals surface area (Å²) in [6.07, 6.45) is 8.94. The van der Waals surface area contributed by atoms with E-state index in [1.807, 2.05) is 36.4 Å². The van der Waals surface area contributed by atoms with E-state index in [0.29, 0.717) is 12.4 Å². The average Bonchev–Trinajstić information content (AvgIpc) is 2.73. The van der Waals surface area contributed by atoms with Crippen molar-refractivity contribution in [1.29, 1.82) is 0 Å². The van der Waals surface area contributed by atoms with Crippen LogP contribution in [0.3, 0.4) is 0 Å². The van der Waals surface area contributed by atoms with Gasteiger partial charge in [-0.25, -0.2) is 5.43 Å². The molecule has 2 aromatic rings. The number of benzene rings is 2. The van der Waals surface area contributed by atoms with E-state index in [0.717, 1.165) is 22.2 Å². The number of ether oxygens (including phenoxy) is 2. The van der Waals surface area contributed by atoms with E-state index in [1.54, 1.807) is 18.3 Å². The van der Waals surface area contributed by atoms with Crippen LogP contribution in [0.25, 0.3) is 0 Å². The molecule has 0 aliphatic heterocycles. The van der Waals surface area contributed by atoms with Crippen molar-refractivity contribution in [3.8, 4) is 11.5 Å². The Balaban J connectivity index is 1.72. The molecule has 0 atom stereocenters. The van der Waals surface area contributed by atoms with E-state index in [9.17, 15) is 4.79 Å². The Hall–Kier alpha value is -2.34. The molecule has 6 heteroatoms. The largest absolute Gasteiger partial charge is 0.493 e. The lowest BCUT2D eigenvalue weighted by Gasteiger charge is -2.09. The molecule has 0 bridgehead atoms. The maximum Gasteiger partial charge on any atom is 0.277 e. The smallest absolute Gasteiger partial charge is 0.277 e. The number of nitrogens with zero attached hydrogens (tertiary/aromatic N) is 1. The molecule has 0 fully saturated rings. The Bertz CT molecular complexity index is 763. The molecular formula is C23H29BrN2O3. The molecule has 0 spiro atoms. The Morgan fingerprint density at radius 1 is 1.00 bits per heavy atom. The monoisotopic (exact) mass is 460 g/mol. The van der Waals surface area contributed by atoms with Crippen molar-refractivity contribution >= 4 is 28.1 Å². The molecule has 2 aromatic carbocycles. The molecule has 0 unspecified atom stereocenters. The van der Waals surface area contributed by atoms with Crippen LogP contribution in [0, 0.1) is 0 Å². The molecule has 0 aliphatic rings. The molecule has 0 aromatic heterocycles. The van der Waals surface area contributed by atoms with Crippen LogP contribution in [0.5, 0.6) is 11.5 Å². The minimum Gasteiger partial charge on any atom is -0.493 e. The molecule has 1 N–H and O–H groups in total. The average molecular weight is 461 g/mol. The van der Waals surface area contributed by atoms with Gasteiger partial charge in [-0.05, 0) is 42.8 Å². The number of para-hydroxylation sites is 1. The van der Waals surface area contributed by atoms with Crippen LogP contribution in [0.1, 0.15) is 51.0 Å². The Morgan fingerprint density at radius 2 is 1.72 bits per heavy atom. The molecule has 1 amide bonds. The second kappa shape index (κ2) is 13.8. The summed E-state index contributed by atoms with van der Waals surface area (Å²) in [7, 11) is 0. The van der Waals surface area contributed by atoms with Crippen molar-refractivity contribution in [2.75, 3.05) is 13.2 Å². The van der Waals surface area contributed by atoms with Crippen molar-refractivity contribution in [2.45, 2.75) is 45.4 Å². The number of nitrogens with one attached hydrogen (secondary N) is 1. The maximum absolute atomic E-state index is 11.9. The highest BCUT2D eigenvalue weighted by Gasteiger charge is 2.03. The zero-order chi connectivity index (χ0) is 20.7. The lowest BCUT2D eigenvalue weighted by molar-refractivity contribution is -0.123. The first-order valence-electron chi connectivity index (χ1n) is 10.1. The van der Waals surface area contributed by atoms with Crippen LogP contribution in [-0.4, -0.2) is 25.3 Å². The number of unbranched alkanes of at least 4 members (excludes halogenated alkanes) is 5. The van der Waals surface area contributed by atoms with Gasteiger partial charge in [0.05, 0.1) is 12.8 Å². The van der Waals surface area contributed by atoms with Gasteiger partial charge in [0.1, 0.15) is 11.5 Å². The van der Waals surface area contributed by atoms with Crippen LogP contribution in [0.4, 0.5) is 0 Å². The second-order valence-electron chi connectivity index (χ2n) is 6.69. The summed E-state index contributed by atoms with van der Waals surface area (Å²) in [6.45, 7) is 2.80. The fourth-order valence-electron chi connectivity index (χ4n) is 2.67. The van der Waals surface area contributed by atoms with E-state index < -0.39 is 0 Å². The zero-order valence-electron chi connectivity index (χ0n) is 16.9. The molecule has 0 saturated heterocycles. The lowest BCUT2D eigenvalue weighted by atomic mass is 10.1. The maximum atomic E-state index is 11.9. The van der Waals surface area contributed by atoms with Gasteiger partial charge in [-0.1, -0.05) is 67.1 Å². The van der Waals surface area contributed by atoms with Gasteiger partial charge in [-0.3, -0.25) is 4.79 Å². The number of rotatable bonds is 13. The van der Waals surface area contributed by atoms with Gasteiger partial charge in [0.25, 0.3) is 5.91 Å². The summed E-state index contributed by atoms with van der Waals surface area (Å²) in [6, 6.07) is 15.0. The lowest BCUT2D eigenvalue weighted by Crippen LogP contribution is -2.24. The predicted molar refractivity (Wildman–Crippen MR) is 121 cm³/mol. The molecule has 29 heavy (non-hydrogen) atoms. The fraction of sp³-hybridized carbons (Fsp3) is 0.391. The number of hydrazone groups is 1. The first-order valence-corrected chi connectivity index (χ1v) is 10.9. The fourth-order valence-corrected chi connectivity index (χ4v) is 2.93. The standard InChI is InChI=1S/C23H29BrN2O3/c1-2-3-4-5-6-9-16-28-22-11-8-7-10-19(22)17-25-26-23(27)18-29-21-14-12-20(24)13-15-21/h7-8,10-15,17H,2-6,9,16,18H2,1H3,(H,26,27)/b25-17+. The van der Waals surface area contributed by atoms with E-state index >= 15 is 0 Å². The highest BCUT2D eigenvalue weighted by Crippen LogP contribution is 2.17. The summed E-state index contributed by atoms with van der Waals surface area (Å²) in [5, 5.41) is 4.01. The molecule has 0 radical (unpaired) electrons. The molecule has 0 saturated carbocycles. The summed E-state index contributed by atoms with van der Waals surface area (Å²) in [5.74, 6) is 1.07. The first-order chi connectivity index (χ1) is 14.2. The molecule has 0 aliphatic carbocycles. The van der Waals surface area contributed by atoms with E-state index in [4.69, 9.17) is 9.47 Å². The molecule has 156 valence electrons. The third-order valence-electron chi connectivity index (χ3n) is 4.25. The SMILES string of the molecule is CCCCCCCCOc1ccccc1/C=N/NC(=O)COc1ccc(Br)cc1. The summed E-state index contributed by atoms with van der Waals surface area (Å²) in [5.41, 5.74) is 3.30. The van der Waals surface area contributed by atoms with Gasteiger partial charge in [0.15, 0.2) is 6.61 Å². The third-order valence-corrected chi connectivity index (χ3v) is 4.78. The minimum atomic E-state index is -0.324. The number of carbonyl (C=O) groups is 1. The zero-order valence-corrected chi connectivity index (χ0v) is 18.5. The van der Waals surface area contributed by atoms with Gasteiger partial charge in [-0.2, -0.15) is 5.10 Å². The van der Waals surface area contributed by atoms with E-state index in [2.05, 4.69) is 33.4 Å². The van der Waals surface area contributed by atoms with Crippen molar-refractivity contribution in [2.24, 2.45) is 5.10 Å². The minimum absolute atomic E-state index is 0.102. The van der Waals surface area contributed by atoms with Crippen LogP contribution in [0.15, 0.2) is 58.1 Å². The van der Waals surface area contributed by atoms with Gasteiger partial charge in [0.2, 0.25) is 0 Å². The summed E-state index contributed by atoms with van der Waals surface area (Å²) in [4.78, 5) is 11.9. The van der Waals surface area contributed by atoms with Gasteiger partial charge in [0, 0.05) is 10.0 Å². The second-order valence-corrected chi connectivity index (χ2v) is 7.61. The molecule has 2 rings (SSSR count). The molecule has 0 heterocycles. The van der Waals surface area contributed by atoms with Gasteiger partial charge < -0.3 is 9.47 Å². The van der Waals surface area contributed by atoms with Crippen molar-refractivity contribution in [3.05, 3.63) is 58.6 Å². The predicted octanol–water partition coefficient (Wildman–Crippen LogP) is 5.72. The normalized spacial score (nSPS) is 10.8. The number of amides is 1. The quantitative estimate of drug-likeness (QED) is 0.236. The highest BCUT2D eigenvalue weighted by molar-refractivity contribution is 9.10. The Morgan fingerprint density at radius 3 is 2.52 bits per heavy atom. The highest BCUT2D eigenvalue weighted by atomic mass is 79.9. The van der Waals surface area contributed by atoms with Crippen molar-refractivity contribution < 1.29 is 14.3 Å². The van der Waals surface area contributed by atoms with Crippen LogP contribution in [0.2, 0.25) is 0 Å². The summed E-state index contributed by atoms with van der Waals surface area (Å²) < 4.78 is 12.3. The molecular weight excluding hydrogens is 432 g/mol. The Labute approximate surface area is 181 Å². The van der Waals surface area contributed by atoms with Crippen LogP contribution in [-0.2, 0) is 4.79 Å². The van der Waals surface area contributed by atoms with Crippen LogP contribution < -0.4 is 14.9 Å². The molecule has 5 nitrogen and oxygen atoms in total. The third kappa shape index (κ3) is 9.61. The van der Waals surface area contributed by atoms with Crippen molar-refractivity contribution in [3.63, 3.8) is 0 Å². The number of hydrogen-bond acceptors (Lipinski definition) is 4. The van der Waals surface area contributed by atoms with Gasteiger partial charge in [-0.15, -0.1) is 0 Å². The Kier molecular flexibility index (Phi) is 10.9. The number of hydrogen-bond donors (Lipinski definition) is 1. The van der Waals surface area contributed by atoms with E-state index in [1.165, 1.54) is 32.1 Å². The van der Waals surface area contributed by atoms with Gasteiger partial charge >= 0.3 is 0 Å². The first kappa shape index (κ1) is 22.9. The number of carbonyl (C=O) groups excluding carboxylic acids is 1. The topological polar surface area (TPSA) is 59.9 Å². The van der Waals surface area contributed by atoms with E-state index in [-0.39, 0.29) is 12.5 Å². The number of halogens is 1.